The molecule has 4 aromatic rings. The van der Waals surface area contributed by atoms with Crippen LogP contribution in [0.25, 0.3) is 32.7 Å². The third-order valence-corrected chi connectivity index (χ3v) is 10.1. The summed E-state index contributed by atoms with van der Waals surface area (Å²) >= 11 is 0. The summed E-state index contributed by atoms with van der Waals surface area (Å²) in [6, 6.07) is 22.8. The van der Waals surface area contributed by atoms with E-state index in [9.17, 15) is 28.8 Å². The zero-order valence-electron chi connectivity index (χ0n) is 40.7. The lowest BCUT2D eigenvalue weighted by molar-refractivity contribution is -0.145. The lowest BCUT2D eigenvalue weighted by Gasteiger charge is -2.20. The van der Waals surface area contributed by atoms with E-state index in [0.29, 0.717) is 69.5 Å². The number of ether oxygens (including phenoxy) is 6. The lowest BCUT2D eigenvalue weighted by Crippen LogP contribution is -2.41. The van der Waals surface area contributed by atoms with Gasteiger partial charge in [0.1, 0.15) is 34.4 Å². The van der Waals surface area contributed by atoms with Crippen LogP contribution in [-0.2, 0) is 38.1 Å². The van der Waals surface area contributed by atoms with Gasteiger partial charge < -0.3 is 49.7 Å². The van der Waals surface area contributed by atoms with Crippen LogP contribution in [-0.4, -0.2) is 93.7 Å². The SMILES string of the molecule is COC(=O)/C(=C\CCCNC(=O)OC(C)(C)C)NC(=O)CCCOc1ccc2ccccc2c1-c1c(OCCCC(=O)N[C@H](CCCCNC(=O)OC(C)(C)C)C(=O)OC)ccc2ccccc12. The molecule has 0 aliphatic carbocycles. The molecule has 0 saturated heterocycles. The Morgan fingerprint density at radius 2 is 1.09 bits per heavy atom. The van der Waals surface area contributed by atoms with Crippen molar-refractivity contribution >= 4 is 57.5 Å². The van der Waals surface area contributed by atoms with E-state index in [-0.39, 0.29) is 43.6 Å². The molecule has 368 valence electrons. The number of benzene rings is 4. The van der Waals surface area contributed by atoms with Crippen molar-refractivity contribution in [1.29, 1.82) is 0 Å². The van der Waals surface area contributed by atoms with Crippen molar-refractivity contribution in [3.8, 4) is 22.6 Å². The first kappa shape index (κ1) is 53.8. The third kappa shape index (κ3) is 18.1. The summed E-state index contributed by atoms with van der Waals surface area (Å²) in [7, 11) is 2.51. The molecular formula is C52H68N4O12. The molecule has 16 heteroatoms. The van der Waals surface area contributed by atoms with Crippen molar-refractivity contribution in [2.24, 2.45) is 0 Å². The molecule has 4 aromatic carbocycles. The monoisotopic (exact) mass is 940 g/mol. The molecule has 0 aliphatic heterocycles. The van der Waals surface area contributed by atoms with Gasteiger partial charge in [0.2, 0.25) is 11.8 Å². The Kier molecular flexibility index (Phi) is 20.9. The maximum Gasteiger partial charge on any atom is 0.407 e. The average molecular weight is 941 g/mol. The molecule has 0 saturated carbocycles. The summed E-state index contributed by atoms with van der Waals surface area (Å²) in [4.78, 5) is 75.1. The Hall–Kier alpha value is -6.84. The van der Waals surface area contributed by atoms with Gasteiger partial charge in [-0.3, -0.25) is 9.59 Å². The quantitative estimate of drug-likeness (QED) is 0.0225. The number of fused-ring (bicyclic) bond motifs is 2. The Bertz CT molecular complexity index is 2380. The summed E-state index contributed by atoms with van der Waals surface area (Å²) in [6.45, 7) is 11.7. The van der Waals surface area contributed by atoms with Gasteiger partial charge in [0.25, 0.3) is 0 Å². The second-order valence-corrected chi connectivity index (χ2v) is 18.0. The average Bonchev–Trinajstić information content (AvgIpc) is 3.28. The molecule has 0 bridgehead atoms. The van der Waals surface area contributed by atoms with Crippen LogP contribution in [0.2, 0.25) is 0 Å². The number of carbonyl (C=O) groups is 6. The number of nitrogens with one attached hydrogen (secondary N) is 4. The van der Waals surface area contributed by atoms with Gasteiger partial charge in [-0.2, -0.15) is 0 Å². The van der Waals surface area contributed by atoms with E-state index in [1.807, 2.05) is 72.8 Å². The lowest BCUT2D eigenvalue weighted by atomic mass is 9.92. The molecule has 0 heterocycles. The van der Waals surface area contributed by atoms with Gasteiger partial charge in [0, 0.05) is 37.1 Å². The van der Waals surface area contributed by atoms with Gasteiger partial charge >= 0.3 is 24.1 Å². The van der Waals surface area contributed by atoms with Crippen LogP contribution >= 0.6 is 0 Å². The van der Waals surface area contributed by atoms with Crippen LogP contribution in [0.15, 0.2) is 84.6 Å². The zero-order valence-corrected chi connectivity index (χ0v) is 40.7. The molecule has 16 nitrogen and oxygen atoms in total. The van der Waals surface area contributed by atoms with Gasteiger partial charge in [0.05, 0.1) is 27.4 Å². The van der Waals surface area contributed by atoms with Crippen LogP contribution in [0.5, 0.6) is 11.5 Å². The largest absolute Gasteiger partial charge is 0.493 e. The number of esters is 2. The number of hydrogen-bond donors (Lipinski definition) is 4. The summed E-state index contributed by atoms with van der Waals surface area (Å²) in [5.74, 6) is -0.788. The first-order valence-corrected chi connectivity index (χ1v) is 23.1. The van der Waals surface area contributed by atoms with Crippen LogP contribution in [0.4, 0.5) is 9.59 Å². The van der Waals surface area contributed by atoms with E-state index < -0.39 is 41.4 Å². The van der Waals surface area contributed by atoms with E-state index in [0.717, 1.165) is 32.7 Å². The molecule has 68 heavy (non-hydrogen) atoms. The number of hydrogen-bond acceptors (Lipinski definition) is 12. The van der Waals surface area contributed by atoms with Crippen molar-refractivity contribution < 1.29 is 57.2 Å². The molecule has 4 rings (SSSR count). The highest BCUT2D eigenvalue weighted by Gasteiger charge is 2.23. The van der Waals surface area contributed by atoms with Gasteiger partial charge in [-0.05, 0) is 120 Å². The maximum atomic E-state index is 13.1. The molecular weight excluding hydrogens is 873 g/mol. The van der Waals surface area contributed by atoms with Gasteiger partial charge in [-0.1, -0.05) is 66.7 Å². The molecule has 0 fully saturated rings. The fourth-order valence-electron chi connectivity index (χ4n) is 7.09. The van der Waals surface area contributed by atoms with Crippen LogP contribution < -0.4 is 30.7 Å². The van der Waals surface area contributed by atoms with Gasteiger partial charge in [-0.15, -0.1) is 0 Å². The Labute approximate surface area is 399 Å². The molecule has 0 spiro atoms. The number of rotatable bonds is 24. The minimum Gasteiger partial charge on any atom is -0.493 e. The molecule has 0 unspecified atom stereocenters. The first-order chi connectivity index (χ1) is 32.4. The standard InChI is InChI=1S/C52H68N4O12/c1-51(2,3)67-49(61)53-31-15-13-23-39(47(59)63-7)55-43(57)25-17-33-65-41-29-27-35-19-9-11-21-37(35)45(41)46-38-22-12-10-20-36(38)28-30-42(46)66-34-18-26-44(58)56-40(48(60)64-8)24-14-16-32-54-50(62)68-52(4,5)6/h9-12,19-23,27-30,40H,13-18,24-26,31-34H2,1-8H3,(H,53,61)(H,54,62)(H,55,57)(H,56,58)/b39-23+/t40-/m1/s1. The highest BCUT2D eigenvalue weighted by Crippen LogP contribution is 2.45. The molecule has 4 N–H and O–H groups in total. The van der Waals surface area contributed by atoms with E-state index in [2.05, 4.69) is 21.3 Å². The van der Waals surface area contributed by atoms with Crippen LogP contribution in [0.3, 0.4) is 0 Å². The molecule has 0 aliphatic rings. The Morgan fingerprint density at radius 1 is 0.588 bits per heavy atom. The molecule has 1 atom stereocenters. The second-order valence-electron chi connectivity index (χ2n) is 18.0. The molecule has 0 radical (unpaired) electrons. The van der Waals surface area contributed by atoms with E-state index >= 15 is 0 Å². The van der Waals surface area contributed by atoms with E-state index in [1.165, 1.54) is 14.2 Å². The normalized spacial score (nSPS) is 12.1. The number of allylic oxidation sites excluding steroid dienone is 1. The van der Waals surface area contributed by atoms with Gasteiger partial charge in [0.15, 0.2) is 0 Å². The third-order valence-electron chi connectivity index (χ3n) is 10.1. The Morgan fingerprint density at radius 3 is 1.59 bits per heavy atom. The van der Waals surface area contributed by atoms with Crippen molar-refractivity contribution in [3.05, 3.63) is 84.6 Å². The van der Waals surface area contributed by atoms with Crippen molar-refractivity contribution in [3.63, 3.8) is 0 Å². The van der Waals surface area contributed by atoms with E-state index in [1.54, 1.807) is 47.6 Å². The number of carbonyl (C=O) groups excluding carboxylic acids is 6. The van der Waals surface area contributed by atoms with Crippen molar-refractivity contribution in [2.75, 3.05) is 40.5 Å². The summed E-state index contributed by atoms with van der Waals surface area (Å²) in [5.41, 5.74) is 0.392. The second kappa shape index (κ2) is 26.5. The smallest absolute Gasteiger partial charge is 0.407 e. The Balaban J connectivity index is 1.40. The van der Waals surface area contributed by atoms with Crippen LogP contribution in [0.1, 0.15) is 99.3 Å². The highest BCUT2D eigenvalue weighted by molar-refractivity contribution is 6.09. The van der Waals surface area contributed by atoms with Crippen molar-refractivity contribution in [2.45, 2.75) is 117 Å². The molecule has 0 aromatic heterocycles. The topological polar surface area (TPSA) is 206 Å². The summed E-state index contributed by atoms with van der Waals surface area (Å²) < 4.78 is 33.3. The zero-order chi connectivity index (χ0) is 49.7. The number of methoxy groups -OCH3 is 2. The predicted octanol–water partition coefficient (Wildman–Crippen LogP) is 8.81. The number of unbranched alkanes of at least 4 members (excludes halogenated alkanes) is 2. The minimum atomic E-state index is -0.840. The predicted molar refractivity (Wildman–Crippen MR) is 260 cm³/mol. The highest BCUT2D eigenvalue weighted by atomic mass is 16.6. The molecule has 4 amide bonds. The van der Waals surface area contributed by atoms with E-state index in [4.69, 9.17) is 28.4 Å². The summed E-state index contributed by atoms with van der Waals surface area (Å²) in [6.07, 6.45) is 3.69. The van der Waals surface area contributed by atoms with Crippen LogP contribution in [0, 0.1) is 0 Å². The fraction of sp³-hybridized carbons (Fsp3) is 0.462. The van der Waals surface area contributed by atoms with Gasteiger partial charge in [-0.25, -0.2) is 19.2 Å². The minimum absolute atomic E-state index is 0.0141. The fourth-order valence-corrected chi connectivity index (χ4v) is 7.09. The summed E-state index contributed by atoms with van der Waals surface area (Å²) in [5, 5.41) is 14.6. The van der Waals surface area contributed by atoms with Crippen molar-refractivity contribution in [1.82, 2.24) is 21.3 Å². The first-order valence-electron chi connectivity index (χ1n) is 23.1. The number of alkyl carbamates (subject to hydrolysis) is 2. The number of amides is 4. The maximum absolute atomic E-state index is 13.1.